The number of hydrogen-bond donors (Lipinski definition) is 2. The summed E-state index contributed by atoms with van der Waals surface area (Å²) in [6, 6.07) is 5.00. The number of aromatic hydroxyl groups is 1. The van der Waals surface area contributed by atoms with Crippen LogP contribution in [0.2, 0.25) is 0 Å². The normalized spacial score (nSPS) is 12.5. The SMILES string of the molecule is CCC(C)Oc1cccc(O)c1N. The fraction of sp³-hybridized carbons (Fsp3) is 0.400. The lowest BCUT2D eigenvalue weighted by Crippen LogP contribution is -2.10. The maximum atomic E-state index is 9.28. The molecule has 1 aromatic rings. The lowest BCUT2D eigenvalue weighted by molar-refractivity contribution is 0.218. The number of hydrogen-bond acceptors (Lipinski definition) is 3. The second kappa shape index (κ2) is 4.03. The molecule has 0 aliphatic rings. The summed E-state index contributed by atoms with van der Waals surface area (Å²) in [6.45, 7) is 3.99. The molecule has 1 atom stereocenters. The lowest BCUT2D eigenvalue weighted by atomic mass is 10.2. The first kappa shape index (κ1) is 9.71. The molecule has 3 heteroatoms. The van der Waals surface area contributed by atoms with Gasteiger partial charge in [0, 0.05) is 0 Å². The van der Waals surface area contributed by atoms with Crippen molar-refractivity contribution >= 4 is 5.69 Å². The molecule has 1 aromatic carbocycles. The molecule has 0 radical (unpaired) electrons. The van der Waals surface area contributed by atoms with E-state index in [1.165, 1.54) is 0 Å². The van der Waals surface area contributed by atoms with Gasteiger partial charge < -0.3 is 15.6 Å². The summed E-state index contributed by atoms with van der Waals surface area (Å²) in [7, 11) is 0. The number of rotatable bonds is 3. The Labute approximate surface area is 78.1 Å². The van der Waals surface area contributed by atoms with Crippen molar-refractivity contribution in [2.45, 2.75) is 26.4 Å². The average Bonchev–Trinajstić information content (AvgIpc) is 2.13. The number of nitrogen functional groups attached to an aromatic ring is 1. The van der Waals surface area contributed by atoms with Crippen molar-refractivity contribution in [1.82, 2.24) is 0 Å². The van der Waals surface area contributed by atoms with E-state index in [1.807, 2.05) is 13.8 Å². The molecule has 0 saturated carbocycles. The van der Waals surface area contributed by atoms with E-state index in [4.69, 9.17) is 10.5 Å². The van der Waals surface area contributed by atoms with E-state index in [9.17, 15) is 5.11 Å². The molecule has 0 bridgehead atoms. The van der Waals surface area contributed by atoms with Gasteiger partial charge in [-0.2, -0.15) is 0 Å². The molecule has 0 amide bonds. The molecule has 3 N–H and O–H groups in total. The molecule has 0 aromatic heterocycles. The van der Waals surface area contributed by atoms with Gasteiger partial charge in [0.05, 0.1) is 6.10 Å². The Balaban J connectivity index is 2.83. The van der Waals surface area contributed by atoms with E-state index >= 15 is 0 Å². The predicted octanol–water partition coefficient (Wildman–Crippen LogP) is 2.15. The van der Waals surface area contributed by atoms with Crippen LogP contribution >= 0.6 is 0 Å². The highest BCUT2D eigenvalue weighted by Crippen LogP contribution is 2.30. The Morgan fingerprint density at radius 2 is 2.23 bits per heavy atom. The zero-order valence-corrected chi connectivity index (χ0v) is 7.95. The molecule has 0 heterocycles. The Morgan fingerprint density at radius 1 is 1.54 bits per heavy atom. The number of benzene rings is 1. The monoisotopic (exact) mass is 181 g/mol. The molecule has 3 nitrogen and oxygen atoms in total. The van der Waals surface area contributed by atoms with Gasteiger partial charge in [-0.3, -0.25) is 0 Å². The quantitative estimate of drug-likeness (QED) is 0.555. The fourth-order valence-electron chi connectivity index (χ4n) is 0.935. The zero-order chi connectivity index (χ0) is 9.84. The zero-order valence-electron chi connectivity index (χ0n) is 7.95. The Morgan fingerprint density at radius 3 is 2.85 bits per heavy atom. The summed E-state index contributed by atoms with van der Waals surface area (Å²) in [6.07, 6.45) is 1.03. The number of phenols is 1. The minimum atomic E-state index is 0.0702. The van der Waals surface area contributed by atoms with Crippen molar-refractivity contribution in [3.8, 4) is 11.5 Å². The summed E-state index contributed by atoms with van der Waals surface area (Å²) >= 11 is 0. The molecular weight excluding hydrogens is 166 g/mol. The third kappa shape index (κ3) is 2.28. The minimum Gasteiger partial charge on any atom is -0.506 e. The molecule has 1 unspecified atom stereocenters. The van der Waals surface area contributed by atoms with Gasteiger partial charge in [-0.1, -0.05) is 13.0 Å². The van der Waals surface area contributed by atoms with Crippen LogP contribution < -0.4 is 10.5 Å². The third-order valence-corrected chi connectivity index (χ3v) is 1.95. The standard InChI is InChI=1S/C10H15NO2/c1-3-7(2)13-9-6-4-5-8(12)10(9)11/h4-7,12H,3,11H2,1-2H3. The van der Waals surface area contributed by atoms with Gasteiger partial charge in [0.2, 0.25) is 0 Å². The smallest absolute Gasteiger partial charge is 0.146 e. The van der Waals surface area contributed by atoms with Gasteiger partial charge >= 0.3 is 0 Å². The predicted molar refractivity (Wildman–Crippen MR) is 52.9 cm³/mol. The molecule has 0 aliphatic carbocycles. The van der Waals surface area contributed by atoms with Crippen LogP contribution in [0.15, 0.2) is 18.2 Å². The first-order chi connectivity index (χ1) is 6.15. The first-order valence-electron chi connectivity index (χ1n) is 4.39. The molecule has 0 fully saturated rings. The van der Waals surface area contributed by atoms with E-state index in [-0.39, 0.29) is 11.9 Å². The van der Waals surface area contributed by atoms with Crippen LogP contribution in [0.3, 0.4) is 0 Å². The minimum absolute atomic E-state index is 0.0702. The van der Waals surface area contributed by atoms with E-state index in [2.05, 4.69) is 0 Å². The highest BCUT2D eigenvalue weighted by atomic mass is 16.5. The van der Waals surface area contributed by atoms with Crippen LogP contribution in [-0.4, -0.2) is 11.2 Å². The van der Waals surface area contributed by atoms with Gasteiger partial charge in [-0.15, -0.1) is 0 Å². The second-order valence-electron chi connectivity index (χ2n) is 3.03. The highest BCUT2D eigenvalue weighted by Gasteiger charge is 2.07. The van der Waals surface area contributed by atoms with Crippen LogP contribution in [0.25, 0.3) is 0 Å². The topological polar surface area (TPSA) is 55.5 Å². The van der Waals surface area contributed by atoms with Crippen molar-refractivity contribution in [3.63, 3.8) is 0 Å². The number of ether oxygens (including phenoxy) is 1. The molecule has 1 rings (SSSR count). The van der Waals surface area contributed by atoms with Crippen LogP contribution in [-0.2, 0) is 0 Å². The maximum Gasteiger partial charge on any atom is 0.146 e. The van der Waals surface area contributed by atoms with E-state index in [1.54, 1.807) is 18.2 Å². The summed E-state index contributed by atoms with van der Waals surface area (Å²) in [5.41, 5.74) is 5.92. The van der Waals surface area contributed by atoms with Gasteiger partial charge in [0.1, 0.15) is 17.2 Å². The lowest BCUT2D eigenvalue weighted by Gasteiger charge is -2.14. The Kier molecular flexibility index (Phi) is 3.01. The largest absolute Gasteiger partial charge is 0.506 e. The summed E-state index contributed by atoms with van der Waals surface area (Å²) in [4.78, 5) is 0. The number of anilines is 1. The molecule has 72 valence electrons. The van der Waals surface area contributed by atoms with E-state index < -0.39 is 0 Å². The van der Waals surface area contributed by atoms with Crippen LogP contribution in [0.4, 0.5) is 5.69 Å². The van der Waals surface area contributed by atoms with Gasteiger partial charge in [-0.05, 0) is 25.5 Å². The van der Waals surface area contributed by atoms with Crippen LogP contribution in [0.5, 0.6) is 11.5 Å². The van der Waals surface area contributed by atoms with Crippen molar-refractivity contribution in [1.29, 1.82) is 0 Å². The van der Waals surface area contributed by atoms with Crippen LogP contribution in [0, 0.1) is 0 Å². The molecule has 0 aliphatic heterocycles. The third-order valence-electron chi connectivity index (χ3n) is 1.95. The Hall–Kier alpha value is -1.38. The summed E-state index contributed by atoms with van der Waals surface area (Å²) in [5.74, 6) is 0.621. The van der Waals surface area contributed by atoms with Gasteiger partial charge in [-0.25, -0.2) is 0 Å². The number of para-hydroxylation sites is 1. The number of nitrogens with two attached hydrogens (primary N) is 1. The first-order valence-corrected chi connectivity index (χ1v) is 4.39. The van der Waals surface area contributed by atoms with E-state index in [0.29, 0.717) is 11.4 Å². The van der Waals surface area contributed by atoms with Crippen molar-refractivity contribution in [2.75, 3.05) is 5.73 Å². The maximum absolute atomic E-state index is 9.28. The van der Waals surface area contributed by atoms with Crippen molar-refractivity contribution in [3.05, 3.63) is 18.2 Å². The summed E-state index contributed by atoms with van der Waals surface area (Å²) in [5, 5.41) is 9.28. The Bertz CT molecular complexity index is 286. The van der Waals surface area contributed by atoms with Gasteiger partial charge in [0.25, 0.3) is 0 Å². The van der Waals surface area contributed by atoms with E-state index in [0.717, 1.165) is 6.42 Å². The molecular formula is C10H15NO2. The highest BCUT2D eigenvalue weighted by molar-refractivity contribution is 5.61. The van der Waals surface area contributed by atoms with Crippen molar-refractivity contribution < 1.29 is 9.84 Å². The average molecular weight is 181 g/mol. The molecule has 0 saturated heterocycles. The fourth-order valence-corrected chi connectivity index (χ4v) is 0.935. The molecule has 13 heavy (non-hydrogen) atoms. The van der Waals surface area contributed by atoms with Crippen molar-refractivity contribution in [2.24, 2.45) is 0 Å². The summed E-state index contributed by atoms with van der Waals surface area (Å²) < 4.78 is 5.49. The second-order valence-corrected chi connectivity index (χ2v) is 3.03. The van der Waals surface area contributed by atoms with Gasteiger partial charge in [0.15, 0.2) is 0 Å². The van der Waals surface area contributed by atoms with Crippen LogP contribution in [0.1, 0.15) is 20.3 Å². The number of phenolic OH excluding ortho intramolecular Hbond substituents is 1. The molecule has 0 spiro atoms.